The maximum atomic E-state index is 5.99. The summed E-state index contributed by atoms with van der Waals surface area (Å²) in [6, 6.07) is 0. The molecule has 62 valence electrons. The van der Waals surface area contributed by atoms with Gasteiger partial charge in [-0.1, -0.05) is 6.08 Å². The lowest BCUT2D eigenvalue weighted by Crippen LogP contribution is -2.05. The Morgan fingerprint density at radius 3 is 1.64 bits per heavy atom. The Morgan fingerprint density at radius 1 is 1.18 bits per heavy atom. The van der Waals surface area contributed by atoms with Gasteiger partial charge in [0.25, 0.3) is 0 Å². The molecule has 0 fully saturated rings. The van der Waals surface area contributed by atoms with Crippen LogP contribution in [0.4, 0.5) is 0 Å². The molecule has 11 heavy (non-hydrogen) atoms. The lowest BCUT2D eigenvalue weighted by molar-refractivity contribution is 1.31. The first-order valence-corrected chi connectivity index (χ1v) is 6.79. The Morgan fingerprint density at radius 2 is 1.55 bits per heavy atom. The van der Waals surface area contributed by atoms with Gasteiger partial charge in [-0.15, -0.1) is 0 Å². The van der Waals surface area contributed by atoms with E-state index in [4.69, 9.17) is 7.85 Å². The fourth-order valence-electron chi connectivity index (χ4n) is 1.49. The van der Waals surface area contributed by atoms with Crippen LogP contribution in [0.2, 0.25) is 0 Å². The third-order valence-corrected chi connectivity index (χ3v) is 7.65. The highest BCUT2D eigenvalue weighted by molar-refractivity contribution is 7.81. The zero-order valence-electron chi connectivity index (χ0n) is 8.22. The molecular formula is C9H19BP+. The molecule has 0 amide bonds. The van der Waals surface area contributed by atoms with Gasteiger partial charge in [0.15, 0.2) is 7.85 Å². The smallest absolute Gasteiger partial charge is 0.0611 e. The largest absolute Gasteiger partial charge is 0.167 e. The van der Waals surface area contributed by atoms with Crippen molar-refractivity contribution in [2.24, 2.45) is 0 Å². The first kappa shape index (κ1) is 11.2. The SMILES string of the molecule is [B]/C(=C\C)[P+](CC)(CC)CC. The minimum absolute atomic E-state index is 0.891. The van der Waals surface area contributed by atoms with Crippen molar-refractivity contribution in [2.75, 3.05) is 18.5 Å². The second-order valence-corrected chi connectivity index (χ2v) is 7.51. The third-order valence-electron chi connectivity index (χ3n) is 2.66. The van der Waals surface area contributed by atoms with Crippen molar-refractivity contribution in [3.05, 3.63) is 11.3 Å². The van der Waals surface area contributed by atoms with Crippen LogP contribution in [0.5, 0.6) is 0 Å². The van der Waals surface area contributed by atoms with Crippen LogP contribution in [0, 0.1) is 0 Å². The molecule has 0 N–H and O–H groups in total. The Hall–Kier alpha value is 0.235. The second-order valence-electron chi connectivity index (χ2n) is 2.81. The van der Waals surface area contributed by atoms with Crippen molar-refractivity contribution in [2.45, 2.75) is 27.7 Å². The molecule has 0 nitrogen and oxygen atoms in total. The number of allylic oxidation sites excluding steroid dienone is 1. The number of rotatable bonds is 4. The van der Waals surface area contributed by atoms with Gasteiger partial charge in [0.05, 0.1) is 18.5 Å². The lowest BCUT2D eigenvalue weighted by Gasteiger charge is -2.24. The Bertz CT molecular complexity index is 128. The fraction of sp³-hybridized carbons (Fsp3) is 0.778. The predicted octanol–water partition coefficient (Wildman–Crippen LogP) is 3.09. The van der Waals surface area contributed by atoms with Crippen molar-refractivity contribution in [3.63, 3.8) is 0 Å². The molecule has 0 atom stereocenters. The highest BCUT2D eigenvalue weighted by atomic mass is 31.2. The van der Waals surface area contributed by atoms with E-state index in [0.717, 1.165) is 0 Å². The van der Waals surface area contributed by atoms with E-state index in [0.29, 0.717) is 0 Å². The van der Waals surface area contributed by atoms with Crippen LogP contribution in [0.15, 0.2) is 11.3 Å². The molecule has 0 aliphatic rings. The molecule has 0 aliphatic heterocycles. The molecule has 2 heteroatoms. The molecule has 0 aliphatic carbocycles. The average Bonchev–Trinajstić information content (AvgIpc) is 2.08. The minimum atomic E-state index is -0.891. The summed E-state index contributed by atoms with van der Waals surface area (Å²) < 4.78 is 0. The van der Waals surface area contributed by atoms with E-state index >= 15 is 0 Å². The third kappa shape index (κ3) is 2.34. The van der Waals surface area contributed by atoms with Crippen LogP contribution in [-0.2, 0) is 0 Å². The van der Waals surface area contributed by atoms with Gasteiger partial charge in [0.1, 0.15) is 0 Å². The standard InChI is InChI=1S/C9H19BP/c1-5-9(10)11(6-2,7-3)8-4/h5H,6-8H2,1-4H3/q+1/b9-5+. The number of hydrogen-bond donors (Lipinski definition) is 0. The van der Waals surface area contributed by atoms with E-state index in [1.54, 1.807) is 0 Å². The van der Waals surface area contributed by atoms with E-state index in [1.165, 1.54) is 23.7 Å². The average molecular weight is 169 g/mol. The second kappa shape index (κ2) is 4.98. The summed E-state index contributed by atoms with van der Waals surface area (Å²) in [4.78, 5) is 0. The normalized spacial score (nSPS) is 13.6. The van der Waals surface area contributed by atoms with Crippen LogP contribution >= 0.6 is 7.26 Å². The van der Waals surface area contributed by atoms with Crippen molar-refractivity contribution < 1.29 is 0 Å². The van der Waals surface area contributed by atoms with Gasteiger partial charge in [-0.05, 0) is 27.7 Å². The van der Waals surface area contributed by atoms with E-state index in [9.17, 15) is 0 Å². The Balaban J connectivity index is 4.54. The van der Waals surface area contributed by atoms with Crippen LogP contribution in [-0.4, -0.2) is 26.3 Å². The van der Waals surface area contributed by atoms with Crippen molar-refractivity contribution in [3.8, 4) is 0 Å². The summed E-state index contributed by atoms with van der Waals surface area (Å²) in [5.41, 5.74) is 0. The van der Waals surface area contributed by atoms with Crippen molar-refractivity contribution in [1.29, 1.82) is 0 Å². The van der Waals surface area contributed by atoms with Crippen LogP contribution in [0.1, 0.15) is 27.7 Å². The summed E-state index contributed by atoms with van der Waals surface area (Å²) in [6.07, 6.45) is 5.87. The van der Waals surface area contributed by atoms with Gasteiger partial charge < -0.3 is 0 Å². The summed E-state index contributed by atoms with van der Waals surface area (Å²) in [6.45, 7) is 8.83. The van der Waals surface area contributed by atoms with Crippen LogP contribution in [0.3, 0.4) is 0 Å². The maximum Gasteiger partial charge on any atom is 0.167 e. The highest BCUT2D eigenvalue weighted by Gasteiger charge is 2.32. The number of hydrogen-bond acceptors (Lipinski definition) is 0. The first-order chi connectivity index (χ1) is 5.16. The summed E-state index contributed by atoms with van der Waals surface area (Å²) in [7, 11) is 5.10. The molecule has 0 saturated heterocycles. The molecule has 0 spiro atoms. The van der Waals surface area contributed by atoms with Gasteiger partial charge in [-0.25, -0.2) is 0 Å². The fourth-order valence-corrected chi connectivity index (χ4v) is 4.48. The van der Waals surface area contributed by atoms with Crippen LogP contribution in [0.25, 0.3) is 0 Å². The van der Waals surface area contributed by atoms with E-state index in [1.807, 2.05) is 6.92 Å². The molecular weight excluding hydrogens is 150 g/mol. The minimum Gasteiger partial charge on any atom is -0.0611 e. The molecule has 0 unspecified atom stereocenters. The molecule has 0 aromatic rings. The molecule has 2 radical (unpaired) electrons. The highest BCUT2D eigenvalue weighted by Crippen LogP contribution is 2.63. The molecule has 0 bridgehead atoms. The van der Waals surface area contributed by atoms with E-state index in [-0.39, 0.29) is 0 Å². The molecule has 0 aromatic heterocycles. The van der Waals surface area contributed by atoms with Crippen molar-refractivity contribution >= 4 is 15.1 Å². The predicted molar refractivity (Wildman–Crippen MR) is 58.1 cm³/mol. The van der Waals surface area contributed by atoms with Gasteiger partial charge in [-0.2, -0.15) is 0 Å². The molecule has 0 saturated carbocycles. The van der Waals surface area contributed by atoms with Crippen molar-refractivity contribution in [1.82, 2.24) is 0 Å². The zero-order chi connectivity index (χ0) is 8.91. The van der Waals surface area contributed by atoms with Gasteiger partial charge in [0.2, 0.25) is 0 Å². The van der Waals surface area contributed by atoms with Gasteiger partial charge in [0, 0.05) is 12.5 Å². The van der Waals surface area contributed by atoms with E-state index < -0.39 is 7.26 Å². The summed E-state index contributed by atoms with van der Waals surface area (Å²) >= 11 is 0. The summed E-state index contributed by atoms with van der Waals surface area (Å²) in [5, 5.41) is 1.17. The van der Waals surface area contributed by atoms with Crippen LogP contribution < -0.4 is 0 Å². The Kier molecular flexibility index (Phi) is 5.09. The quantitative estimate of drug-likeness (QED) is 0.448. The lowest BCUT2D eigenvalue weighted by atomic mass is 10.1. The maximum absolute atomic E-state index is 5.99. The zero-order valence-corrected chi connectivity index (χ0v) is 9.12. The summed E-state index contributed by atoms with van der Waals surface area (Å²) in [5.74, 6) is 0. The molecule has 0 rings (SSSR count). The monoisotopic (exact) mass is 169 g/mol. The first-order valence-electron chi connectivity index (χ1n) is 4.45. The molecule has 0 aromatic carbocycles. The van der Waals surface area contributed by atoms with Gasteiger partial charge in [-0.3, -0.25) is 0 Å². The Labute approximate surface area is 73.2 Å². The topological polar surface area (TPSA) is 0 Å². The van der Waals surface area contributed by atoms with Gasteiger partial charge >= 0.3 is 0 Å². The van der Waals surface area contributed by atoms with E-state index in [2.05, 4.69) is 26.8 Å². The molecule has 0 heterocycles.